The van der Waals surface area contributed by atoms with Crippen molar-refractivity contribution >= 4 is 21.4 Å². The highest BCUT2D eigenvalue weighted by atomic mass is 127. The van der Waals surface area contributed by atoms with Gasteiger partial charge in [-0.05, 0) is 31.2 Å². The van der Waals surface area contributed by atoms with Crippen LogP contribution >= 0.6 is 0 Å². The maximum atomic E-state index is 12.4. The van der Waals surface area contributed by atoms with Crippen LogP contribution in [0, 0.1) is 6.92 Å². The number of halogens is 1. The van der Waals surface area contributed by atoms with Crippen LogP contribution in [0.5, 0.6) is 0 Å². The Morgan fingerprint density at radius 3 is 2.09 bits per heavy atom. The zero-order valence-corrected chi connectivity index (χ0v) is 16.1. The Kier molecular flexibility index (Phi) is 6.00. The van der Waals surface area contributed by atoms with E-state index in [0.717, 1.165) is 11.3 Å². The zero-order valence-electron chi connectivity index (χ0n) is 13.2. The van der Waals surface area contributed by atoms with Crippen molar-refractivity contribution in [3.63, 3.8) is 0 Å². The highest BCUT2D eigenvalue weighted by Crippen LogP contribution is 2.23. The van der Waals surface area contributed by atoms with Crippen LogP contribution in [0.3, 0.4) is 0 Å². The van der Waals surface area contributed by atoms with Crippen molar-refractivity contribution in [1.29, 1.82) is 0 Å². The van der Waals surface area contributed by atoms with Crippen LogP contribution in [0.1, 0.15) is 5.56 Å². The molecular formula is C16H21IN2O2S. The summed E-state index contributed by atoms with van der Waals surface area (Å²) in [6, 6.07) is 14.2. The van der Waals surface area contributed by atoms with Crippen molar-refractivity contribution in [2.45, 2.75) is 11.8 Å². The molecule has 2 rings (SSSR count). The smallest absolute Gasteiger partial charge is 0.261 e. The minimum absolute atomic E-state index is 0. The van der Waals surface area contributed by atoms with Gasteiger partial charge in [-0.25, -0.2) is 8.42 Å². The Hall–Kier alpha value is -1.12. The summed E-state index contributed by atoms with van der Waals surface area (Å²) in [5, 5.41) is 0. The Morgan fingerprint density at radius 1 is 0.955 bits per heavy atom. The first kappa shape index (κ1) is 18.9. The second-order valence-electron chi connectivity index (χ2n) is 5.98. The van der Waals surface area contributed by atoms with Gasteiger partial charge in [-0.1, -0.05) is 23.8 Å². The number of benzene rings is 2. The fourth-order valence-corrected chi connectivity index (χ4v) is 2.97. The van der Waals surface area contributed by atoms with Crippen LogP contribution in [0.15, 0.2) is 53.4 Å². The summed E-state index contributed by atoms with van der Waals surface area (Å²) in [5.74, 6) is 0. The van der Waals surface area contributed by atoms with E-state index in [4.69, 9.17) is 0 Å². The van der Waals surface area contributed by atoms with Gasteiger partial charge in [-0.15, -0.1) is 0 Å². The first-order valence-electron chi connectivity index (χ1n) is 6.70. The van der Waals surface area contributed by atoms with Crippen LogP contribution in [0.25, 0.3) is 0 Å². The summed E-state index contributed by atoms with van der Waals surface area (Å²) in [6.07, 6.45) is 0. The third kappa shape index (κ3) is 4.69. The van der Waals surface area contributed by atoms with Crippen LogP contribution in [-0.2, 0) is 10.0 Å². The molecule has 0 atom stereocenters. The Bertz CT molecular complexity index is 735. The van der Waals surface area contributed by atoms with Crippen LogP contribution in [0.2, 0.25) is 0 Å². The molecule has 0 aliphatic heterocycles. The molecule has 120 valence electrons. The summed E-state index contributed by atoms with van der Waals surface area (Å²) in [5.41, 5.74) is 2.63. The van der Waals surface area contributed by atoms with Crippen LogP contribution < -0.4 is 33.2 Å². The summed E-state index contributed by atoms with van der Waals surface area (Å²) in [6.45, 7) is 1.93. The molecule has 0 amide bonds. The van der Waals surface area contributed by atoms with E-state index in [9.17, 15) is 8.42 Å². The normalized spacial score (nSPS) is 11.6. The van der Waals surface area contributed by atoms with Gasteiger partial charge < -0.3 is 24.0 Å². The first-order valence-corrected chi connectivity index (χ1v) is 8.18. The Labute approximate surface area is 149 Å². The predicted molar refractivity (Wildman–Crippen MR) is 88.0 cm³/mol. The van der Waals surface area contributed by atoms with Gasteiger partial charge in [0.2, 0.25) is 0 Å². The number of hydrogen-bond donors (Lipinski definition) is 1. The monoisotopic (exact) mass is 432 g/mol. The third-order valence-corrected chi connectivity index (χ3v) is 4.60. The van der Waals surface area contributed by atoms with E-state index < -0.39 is 10.0 Å². The number of quaternary nitrogens is 1. The summed E-state index contributed by atoms with van der Waals surface area (Å²) in [7, 11) is 2.56. The van der Waals surface area contributed by atoms with E-state index in [1.807, 2.05) is 46.3 Å². The van der Waals surface area contributed by atoms with Gasteiger partial charge in [0.15, 0.2) is 0 Å². The number of anilines is 1. The lowest BCUT2D eigenvalue weighted by Crippen LogP contribution is -3.00. The second-order valence-corrected chi connectivity index (χ2v) is 7.66. The van der Waals surface area contributed by atoms with E-state index in [2.05, 4.69) is 4.72 Å². The molecule has 4 nitrogen and oxygen atoms in total. The topological polar surface area (TPSA) is 46.2 Å². The Balaban J connectivity index is 0.00000242. The number of nitrogens with one attached hydrogen (secondary N) is 1. The van der Waals surface area contributed by atoms with Crippen molar-refractivity contribution in [2.24, 2.45) is 0 Å². The van der Waals surface area contributed by atoms with E-state index >= 15 is 0 Å². The molecule has 0 saturated carbocycles. The average molecular weight is 432 g/mol. The number of aryl methyl sites for hydroxylation is 1. The molecule has 6 heteroatoms. The minimum Gasteiger partial charge on any atom is -1.00 e. The molecule has 1 N–H and O–H groups in total. The van der Waals surface area contributed by atoms with E-state index in [1.165, 1.54) is 0 Å². The van der Waals surface area contributed by atoms with Gasteiger partial charge in [0.1, 0.15) is 5.69 Å². The lowest BCUT2D eigenvalue weighted by Gasteiger charge is -2.23. The van der Waals surface area contributed by atoms with Crippen molar-refractivity contribution < 1.29 is 32.4 Å². The average Bonchev–Trinajstić information content (AvgIpc) is 2.38. The predicted octanol–water partition coefficient (Wildman–Crippen LogP) is -0.00348. The van der Waals surface area contributed by atoms with Crippen LogP contribution in [-0.4, -0.2) is 29.6 Å². The molecule has 0 saturated heterocycles. The summed E-state index contributed by atoms with van der Waals surface area (Å²) < 4.78 is 28.0. The molecule has 0 radical (unpaired) electrons. The van der Waals surface area contributed by atoms with E-state index in [0.29, 0.717) is 10.2 Å². The molecule has 0 aromatic heterocycles. The van der Waals surface area contributed by atoms with Crippen molar-refractivity contribution in [3.05, 3.63) is 54.1 Å². The standard InChI is InChI=1S/C16H21N2O2S.HI/c1-13-8-10-16(11-9-13)21(19,20)17-14-6-5-7-15(12-14)18(2,3)4;/h5-12,17H,1-4H3;1H/q+1;/p-1. The number of sulfonamides is 1. The summed E-state index contributed by atoms with van der Waals surface area (Å²) in [4.78, 5) is 0.267. The molecular weight excluding hydrogens is 411 g/mol. The van der Waals surface area contributed by atoms with Crippen molar-refractivity contribution in [3.8, 4) is 0 Å². The molecule has 0 aliphatic rings. The fraction of sp³-hybridized carbons (Fsp3) is 0.250. The largest absolute Gasteiger partial charge is 1.00 e. The molecule has 0 bridgehead atoms. The maximum absolute atomic E-state index is 12.4. The molecule has 2 aromatic carbocycles. The zero-order chi connectivity index (χ0) is 15.7. The van der Waals surface area contributed by atoms with E-state index in [1.54, 1.807) is 30.3 Å². The second kappa shape index (κ2) is 6.97. The number of hydrogen-bond acceptors (Lipinski definition) is 2. The van der Waals surface area contributed by atoms with E-state index in [-0.39, 0.29) is 28.9 Å². The van der Waals surface area contributed by atoms with Crippen LogP contribution in [0.4, 0.5) is 11.4 Å². The van der Waals surface area contributed by atoms with Gasteiger partial charge in [-0.2, -0.15) is 0 Å². The highest BCUT2D eigenvalue weighted by Gasteiger charge is 2.16. The molecule has 2 aromatic rings. The maximum Gasteiger partial charge on any atom is 0.261 e. The molecule has 0 spiro atoms. The molecule has 22 heavy (non-hydrogen) atoms. The number of nitrogens with zero attached hydrogens (tertiary/aromatic N) is 1. The minimum atomic E-state index is -3.55. The molecule has 0 aliphatic carbocycles. The number of rotatable bonds is 4. The van der Waals surface area contributed by atoms with Crippen molar-refractivity contribution in [2.75, 3.05) is 25.9 Å². The lowest BCUT2D eigenvalue weighted by molar-refractivity contribution is -0.00000702. The third-order valence-electron chi connectivity index (χ3n) is 3.20. The highest BCUT2D eigenvalue weighted by molar-refractivity contribution is 7.92. The molecule has 0 fully saturated rings. The van der Waals surface area contributed by atoms with Gasteiger partial charge in [-0.3, -0.25) is 9.21 Å². The fourth-order valence-electron chi connectivity index (χ4n) is 1.92. The SMILES string of the molecule is Cc1ccc(S(=O)(=O)Nc2cccc([N+](C)(C)C)c2)cc1.[I-]. The van der Waals surface area contributed by atoms with Gasteiger partial charge in [0, 0.05) is 6.07 Å². The Morgan fingerprint density at radius 2 is 1.55 bits per heavy atom. The molecule has 0 unspecified atom stereocenters. The summed E-state index contributed by atoms with van der Waals surface area (Å²) >= 11 is 0. The lowest BCUT2D eigenvalue weighted by atomic mass is 10.2. The molecule has 0 heterocycles. The van der Waals surface area contributed by atoms with Gasteiger partial charge >= 0.3 is 0 Å². The van der Waals surface area contributed by atoms with Gasteiger partial charge in [0.25, 0.3) is 10.0 Å². The van der Waals surface area contributed by atoms with Gasteiger partial charge in [0.05, 0.1) is 31.7 Å². The van der Waals surface area contributed by atoms with Crippen molar-refractivity contribution in [1.82, 2.24) is 4.48 Å². The first-order chi connectivity index (χ1) is 9.68. The quantitative estimate of drug-likeness (QED) is 0.546.